The molecule has 0 saturated heterocycles. The molecule has 1 aromatic carbocycles. The summed E-state index contributed by atoms with van der Waals surface area (Å²) in [5, 5.41) is 8.93. The molecule has 1 heterocycles. The Labute approximate surface area is 111 Å². The van der Waals surface area contributed by atoms with Gasteiger partial charge < -0.3 is 0 Å². The van der Waals surface area contributed by atoms with Crippen LogP contribution in [0.4, 0.5) is 5.82 Å². The zero-order chi connectivity index (χ0) is 13.9. The molecule has 0 aliphatic rings. The Balaban J connectivity index is 2.51. The zero-order valence-electron chi connectivity index (χ0n) is 10.1. The van der Waals surface area contributed by atoms with Gasteiger partial charge in [-0.05, 0) is 12.1 Å². The van der Waals surface area contributed by atoms with E-state index in [0.717, 1.165) is 4.31 Å². The molecule has 0 N–H and O–H groups in total. The number of nitriles is 1. The molecule has 96 valence electrons. The lowest BCUT2D eigenvalue weighted by Crippen LogP contribution is -2.28. The van der Waals surface area contributed by atoms with Crippen LogP contribution in [0.1, 0.15) is 5.69 Å². The molecular weight excluding hydrogens is 264 g/mol. The molecule has 2 rings (SSSR count). The van der Waals surface area contributed by atoms with Crippen molar-refractivity contribution < 1.29 is 8.42 Å². The summed E-state index contributed by atoms with van der Waals surface area (Å²) < 4.78 is 25.7. The van der Waals surface area contributed by atoms with Crippen LogP contribution >= 0.6 is 0 Å². The standard InChI is InChI=1S/C12H10N4O2S/c1-16(12-11(9-13)14-7-8-15-12)19(17,18)10-5-3-2-4-6-10/h2-8H,1H3. The van der Waals surface area contributed by atoms with E-state index in [1.165, 1.54) is 31.6 Å². The van der Waals surface area contributed by atoms with E-state index in [-0.39, 0.29) is 16.4 Å². The van der Waals surface area contributed by atoms with Gasteiger partial charge in [-0.25, -0.2) is 18.4 Å². The number of rotatable bonds is 3. The van der Waals surface area contributed by atoms with E-state index < -0.39 is 10.0 Å². The van der Waals surface area contributed by atoms with E-state index in [0.29, 0.717) is 0 Å². The van der Waals surface area contributed by atoms with E-state index in [1.807, 2.05) is 6.07 Å². The summed E-state index contributed by atoms with van der Waals surface area (Å²) in [4.78, 5) is 7.83. The molecular formula is C12H10N4O2S. The van der Waals surface area contributed by atoms with Gasteiger partial charge >= 0.3 is 0 Å². The third kappa shape index (κ3) is 2.39. The number of sulfonamides is 1. The van der Waals surface area contributed by atoms with Crippen molar-refractivity contribution in [3.8, 4) is 6.07 Å². The highest BCUT2D eigenvalue weighted by Crippen LogP contribution is 2.21. The fraction of sp³-hybridized carbons (Fsp3) is 0.0833. The van der Waals surface area contributed by atoms with E-state index >= 15 is 0 Å². The SMILES string of the molecule is CN(c1nccnc1C#N)S(=O)(=O)c1ccccc1. The molecule has 1 aromatic heterocycles. The summed E-state index contributed by atoms with van der Waals surface area (Å²) in [5.41, 5.74) is -0.0375. The van der Waals surface area contributed by atoms with E-state index in [2.05, 4.69) is 9.97 Å². The molecule has 0 bridgehead atoms. The number of benzene rings is 1. The topological polar surface area (TPSA) is 86.9 Å². The van der Waals surface area contributed by atoms with Gasteiger partial charge in [0.25, 0.3) is 10.0 Å². The predicted octanol–water partition coefficient (Wildman–Crippen LogP) is 1.17. The van der Waals surface area contributed by atoms with Crippen molar-refractivity contribution in [3.05, 3.63) is 48.4 Å². The van der Waals surface area contributed by atoms with Gasteiger partial charge in [-0.1, -0.05) is 18.2 Å². The maximum atomic E-state index is 12.3. The van der Waals surface area contributed by atoms with Crippen molar-refractivity contribution in [2.24, 2.45) is 0 Å². The van der Waals surface area contributed by atoms with Gasteiger partial charge in [0, 0.05) is 19.4 Å². The van der Waals surface area contributed by atoms with Crippen LogP contribution in [0.5, 0.6) is 0 Å². The molecule has 0 saturated carbocycles. The molecule has 0 amide bonds. The molecule has 0 aliphatic carbocycles. The van der Waals surface area contributed by atoms with Crippen LogP contribution in [-0.2, 0) is 10.0 Å². The van der Waals surface area contributed by atoms with Crippen LogP contribution in [0.15, 0.2) is 47.6 Å². The summed E-state index contributed by atoms with van der Waals surface area (Å²) in [6.45, 7) is 0. The molecule has 0 spiro atoms. The predicted molar refractivity (Wildman–Crippen MR) is 68.8 cm³/mol. The van der Waals surface area contributed by atoms with Crippen molar-refractivity contribution in [1.29, 1.82) is 5.26 Å². The Morgan fingerprint density at radius 2 is 1.79 bits per heavy atom. The fourth-order valence-corrected chi connectivity index (χ4v) is 2.68. The lowest BCUT2D eigenvalue weighted by Gasteiger charge is -2.18. The highest BCUT2D eigenvalue weighted by atomic mass is 32.2. The van der Waals surface area contributed by atoms with Crippen LogP contribution in [0.3, 0.4) is 0 Å². The number of anilines is 1. The molecule has 0 unspecified atom stereocenters. The highest BCUT2D eigenvalue weighted by molar-refractivity contribution is 7.92. The molecule has 0 radical (unpaired) electrons. The quantitative estimate of drug-likeness (QED) is 0.838. The lowest BCUT2D eigenvalue weighted by molar-refractivity contribution is 0.594. The van der Waals surface area contributed by atoms with Gasteiger partial charge in [0.1, 0.15) is 6.07 Å². The zero-order valence-corrected chi connectivity index (χ0v) is 10.9. The van der Waals surface area contributed by atoms with Crippen LogP contribution in [0, 0.1) is 11.3 Å². The summed E-state index contributed by atoms with van der Waals surface area (Å²) >= 11 is 0. The second-order valence-corrected chi connectivity index (χ2v) is 5.60. The number of nitrogens with zero attached hydrogens (tertiary/aromatic N) is 4. The van der Waals surface area contributed by atoms with E-state index in [1.54, 1.807) is 18.2 Å². The first-order valence-electron chi connectivity index (χ1n) is 5.32. The summed E-state index contributed by atoms with van der Waals surface area (Å²) in [5.74, 6) is 0.00820. The van der Waals surface area contributed by atoms with Gasteiger partial charge in [-0.2, -0.15) is 5.26 Å². The second-order valence-electron chi connectivity index (χ2n) is 3.63. The second kappa shape index (κ2) is 5.04. The summed E-state index contributed by atoms with van der Waals surface area (Å²) in [7, 11) is -2.40. The smallest absolute Gasteiger partial charge is 0.250 e. The van der Waals surface area contributed by atoms with Crippen LogP contribution in [-0.4, -0.2) is 25.4 Å². The molecule has 2 aromatic rings. The highest BCUT2D eigenvalue weighted by Gasteiger charge is 2.24. The number of hydrogen-bond acceptors (Lipinski definition) is 5. The Morgan fingerprint density at radius 1 is 1.16 bits per heavy atom. The summed E-state index contributed by atoms with van der Waals surface area (Å²) in [6, 6.07) is 9.76. The first-order chi connectivity index (χ1) is 9.07. The van der Waals surface area contributed by atoms with E-state index in [9.17, 15) is 8.42 Å². The fourth-order valence-electron chi connectivity index (χ4n) is 1.50. The van der Waals surface area contributed by atoms with Gasteiger partial charge in [-0.15, -0.1) is 0 Å². The van der Waals surface area contributed by atoms with Crippen molar-refractivity contribution in [3.63, 3.8) is 0 Å². The molecule has 6 nitrogen and oxygen atoms in total. The maximum Gasteiger partial charge on any atom is 0.265 e. The Bertz CT molecular complexity index is 723. The molecule has 0 fully saturated rings. The minimum Gasteiger partial charge on any atom is -0.250 e. The van der Waals surface area contributed by atoms with Crippen LogP contribution < -0.4 is 4.31 Å². The minimum atomic E-state index is -3.74. The largest absolute Gasteiger partial charge is 0.265 e. The van der Waals surface area contributed by atoms with Crippen molar-refractivity contribution in [2.75, 3.05) is 11.4 Å². The number of aromatic nitrogens is 2. The first-order valence-corrected chi connectivity index (χ1v) is 6.76. The number of hydrogen-bond donors (Lipinski definition) is 0. The first kappa shape index (κ1) is 13.0. The van der Waals surface area contributed by atoms with Gasteiger partial charge in [-0.3, -0.25) is 4.31 Å². The Morgan fingerprint density at radius 3 is 2.42 bits per heavy atom. The lowest BCUT2D eigenvalue weighted by atomic mass is 10.4. The molecule has 7 heteroatoms. The molecule has 0 aliphatic heterocycles. The van der Waals surface area contributed by atoms with Crippen molar-refractivity contribution in [1.82, 2.24) is 9.97 Å². The molecule has 0 atom stereocenters. The summed E-state index contributed by atoms with van der Waals surface area (Å²) in [6.07, 6.45) is 2.68. The van der Waals surface area contributed by atoms with Crippen molar-refractivity contribution in [2.45, 2.75) is 4.90 Å². The van der Waals surface area contributed by atoms with E-state index in [4.69, 9.17) is 5.26 Å². The molecule has 19 heavy (non-hydrogen) atoms. The van der Waals surface area contributed by atoms with Gasteiger partial charge in [0.05, 0.1) is 4.90 Å². The minimum absolute atomic E-state index is 0.00820. The van der Waals surface area contributed by atoms with Gasteiger partial charge in [0.2, 0.25) is 0 Å². The Hall–Kier alpha value is -2.46. The van der Waals surface area contributed by atoms with Gasteiger partial charge in [0.15, 0.2) is 11.5 Å². The monoisotopic (exact) mass is 274 g/mol. The maximum absolute atomic E-state index is 12.3. The normalized spacial score (nSPS) is 10.7. The van der Waals surface area contributed by atoms with Crippen LogP contribution in [0.2, 0.25) is 0 Å². The van der Waals surface area contributed by atoms with Crippen LogP contribution in [0.25, 0.3) is 0 Å². The Kier molecular flexibility index (Phi) is 3.44. The average Bonchev–Trinajstić information content (AvgIpc) is 2.47. The average molecular weight is 274 g/mol. The third-order valence-corrected chi connectivity index (χ3v) is 4.25. The third-order valence-electron chi connectivity index (χ3n) is 2.48. The van der Waals surface area contributed by atoms with Crippen molar-refractivity contribution >= 4 is 15.8 Å².